The second-order valence-electron chi connectivity index (χ2n) is 13.0. The zero-order valence-corrected chi connectivity index (χ0v) is 29.4. The fraction of sp³-hybridized carbons (Fsp3) is 0.828. The molecule has 2 bridgehead atoms. The van der Waals surface area contributed by atoms with E-state index in [1.54, 1.807) is 21.0 Å². The van der Waals surface area contributed by atoms with E-state index >= 15 is 0 Å². The van der Waals surface area contributed by atoms with Crippen LogP contribution in [0.1, 0.15) is 75.2 Å². The minimum Gasteiger partial charge on any atom is -0.456 e. The van der Waals surface area contributed by atoms with Crippen molar-refractivity contribution >= 4 is 18.0 Å². The monoisotopic (exact) mass is 748 g/mol. The number of rotatable bonds is 5. The summed E-state index contributed by atoms with van der Waals surface area (Å²) in [4.78, 5) is 27.3. The van der Waals surface area contributed by atoms with Gasteiger partial charge in [-0.05, 0) is 43.3 Å². The van der Waals surface area contributed by atoms with E-state index in [9.17, 15) is 24.9 Å². The van der Waals surface area contributed by atoms with Crippen molar-refractivity contribution in [3.8, 4) is 0 Å². The predicted molar refractivity (Wildman–Crippen MR) is 140 cm³/mol. The first kappa shape index (κ1) is 34.0. The number of aliphatic hydroxyl groups is 3. The second-order valence-corrected chi connectivity index (χ2v) is 13.0. The van der Waals surface area contributed by atoms with Gasteiger partial charge in [0.25, 0.3) is 0 Å². The molecule has 0 aliphatic heterocycles. The number of aliphatic hydroxyl groups excluding tert-OH is 1. The average molecular weight is 749 g/mol. The molecule has 4 N–H and O–H groups in total. The first-order valence-corrected chi connectivity index (χ1v) is 13.5. The zero-order chi connectivity index (χ0) is 28.5. The third-order valence-corrected chi connectivity index (χ3v) is 10.8. The van der Waals surface area contributed by atoms with Crippen molar-refractivity contribution in [2.75, 3.05) is 7.11 Å². The van der Waals surface area contributed by atoms with Gasteiger partial charge in [0.1, 0.15) is 11.9 Å². The Morgan fingerprint density at radius 2 is 1.71 bits per heavy atom. The first-order chi connectivity index (χ1) is 16.8. The number of nitrogens with one attached hydrogen (secondary N) is 1. The molecule has 0 spiro atoms. The molecule has 7 unspecified atom stereocenters. The van der Waals surface area contributed by atoms with Gasteiger partial charge in [0.05, 0.1) is 17.3 Å². The molecule has 0 aromatic heterocycles. The predicted octanol–water partition coefficient (Wildman–Crippen LogP) is 3.31. The number of methoxy groups -OCH3 is 1. The van der Waals surface area contributed by atoms with Crippen LogP contribution in [0, 0.1) is 89.9 Å². The number of hydrogen-bond donors (Lipinski definition) is 4. The number of esters is 1. The van der Waals surface area contributed by atoms with Gasteiger partial charge in [-0.1, -0.05) is 48.5 Å². The van der Waals surface area contributed by atoms with Crippen LogP contribution in [0.25, 0.3) is 0 Å². The fourth-order valence-electron chi connectivity index (χ4n) is 8.42. The number of ketones is 1. The molecule has 0 aromatic carbocycles. The summed E-state index contributed by atoms with van der Waals surface area (Å²) in [5, 5.41) is 42.4. The molecule has 38 heavy (non-hydrogen) atoms. The van der Waals surface area contributed by atoms with Gasteiger partial charge in [0.15, 0.2) is 6.10 Å². The van der Waals surface area contributed by atoms with Crippen LogP contribution in [-0.4, -0.2) is 69.9 Å². The number of ether oxygens (including phenoxy) is 2. The summed E-state index contributed by atoms with van der Waals surface area (Å²) in [6.45, 7) is 16.6. The molecule has 2 saturated carbocycles. The van der Waals surface area contributed by atoms with E-state index in [-0.39, 0.29) is 62.2 Å². The van der Waals surface area contributed by atoms with Crippen molar-refractivity contribution in [3.05, 3.63) is 11.1 Å². The summed E-state index contributed by atoms with van der Waals surface area (Å²) < 4.78 is 11.5. The van der Waals surface area contributed by atoms with Crippen molar-refractivity contribution in [3.63, 3.8) is 0 Å². The number of hydrogen-bond acceptors (Lipinski definition) is 8. The van der Waals surface area contributed by atoms with Gasteiger partial charge < -0.3 is 30.2 Å². The molecule has 8 nitrogen and oxygen atoms in total. The van der Waals surface area contributed by atoms with Gasteiger partial charge in [-0.25, -0.2) is 4.79 Å². The summed E-state index contributed by atoms with van der Waals surface area (Å²) in [6.07, 6.45) is -1.31. The smallest absolute Gasteiger partial charge is 0.336 e. The molecule has 2 fully saturated rings. The Kier molecular flexibility index (Phi) is 10.1. The molecular weight excluding hydrogens is 701 g/mol. The van der Waals surface area contributed by atoms with Gasteiger partial charge in [-0.2, -0.15) is 0 Å². The largest absolute Gasteiger partial charge is 0.456 e. The van der Waals surface area contributed by atoms with Crippen LogP contribution >= 0.6 is 0 Å². The summed E-state index contributed by atoms with van der Waals surface area (Å²) >= 11 is 0. The maximum atomic E-state index is 14.5. The van der Waals surface area contributed by atoms with E-state index in [2.05, 4.69) is 0 Å². The van der Waals surface area contributed by atoms with Gasteiger partial charge in [0, 0.05) is 92.4 Å². The van der Waals surface area contributed by atoms with Gasteiger partial charge in [0.2, 0.25) is 0 Å². The number of Topliss-reactive ketones (excluding diaryl/α,β-unsaturated/α-hetero) is 1. The maximum absolute atomic E-state index is 14.5. The van der Waals surface area contributed by atoms with Crippen LogP contribution in [-0.2, 0) is 19.1 Å². The van der Waals surface area contributed by atoms with Gasteiger partial charge in [-0.15, -0.1) is 0 Å². The van der Waals surface area contributed by atoms with Crippen molar-refractivity contribution in [1.29, 1.82) is 5.41 Å². The quantitative estimate of drug-likeness (QED) is 0.193. The molecule has 0 aromatic rings. The summed E-state index contributed by atoms with van der Waals surface area (Å²) in [5.41, 5.74) is -3.19. The van der Waals surface area contributed by atoms with E-state index in [1.165, 1.54) is 0 Å². The summed E-state index contributed by atoms with van der Waals surface area (Å²) in [7, 11) is 1.56. The van der Waals surface area contributed by atoms with Gasteiger partial charge >= 0.3 is 5.97 Å². The van der Waals surface area contributed by atoms with Crippen LogP contribution in [0.4, 0.5) is 0 Å². The van der Waals surface area contributed by atoms with Crippen molar-refractivity contribution < 1.29 is 78.4 Å². The topological polar surface area (TPSA) is 137 Å². The van der Waals surface area contributed by atoms with Crippen LogP contribution in [0.5, 0.6) is 0 Å². The Balaban J connectivity index is 0.00000507. The molecular formula is C29H47AcNO7. The number of carbonyl (C=O) groups is 2. The minimum atomic E-state index is -1.51. The van der Waals surface area contributed by atoms with E-state index in [0.717, 1.165) is 11.8 Å². The molecule has 213 valence electrons. The molecule has 0 amide bonds. The number of carbonyl (C=O) groups excluding carboxylic acids is 2. The average Bonchev–Trinajstić information content (AvgIpc) is 2.82. The van der Waals surface area contributed by atoms with E-state index in [4.69, 9.17) is 14.9 Å². The maximum Gasteiger partial charge on any atom is 0.336 e. The molecule has 3 aliphatic carbocycles. The van der Waals surface area contributed by atoms with Crippen LogP contribution in [0.3, 0.4) is 0 Å². The van der Waals surface area contributed by atoms with E-state index in [0.29, 0.717) is 12.0 Å². The molecule has 1 radical (unpaired) electrons. The Morgan fingerprint density at radius 1 is 1.16 bits per heavy atom. The Labute approximate surface area is 263 Å². The molecule has 9 heteroatoms. The molecule has 0 heterocycles. The summed E-state index contributed by atoms with van der Waals surface area (Å²) in [6, 6.07) is 0. The first-order valence-electron chi connectivity index (χ1n) is 13.5. The van der Waals surface area contributed by atoms with Crippen molar-refractivity contribution in [2.24, 2.45) is 40.4 Å². The molecule has 0 saturated heterocycles. The second kappa shape index (κ2) is 11.3. The van der Waals surface area contributed by atoms with Crippen molar-refractivity contribution in [2.45, 2.75) is 105 Å². The summed E-state index contributed by atoms with van der Waals surface area (Å²) in [5.74, 6) is -3.49. The van der Waals surface area contributed by atoms with Crippen LogP contribution in [0.15, 0.2) is 11.1 Å². The Morgan fingerprint density at radius 3 is 2.21 bits per heavy atom. The SMILES string of the molecule is COC1C[C@H](C)[C@@]2(C)C(=O)[C@H](C)C3=C(C)C(OC(=O)C(O)C(C)C=N)CC(O)([C@@H](C)C2C1(C)O)C3(C)C.[Ac]. The third-order valence-electron chi connectivity index (χ3n) is 10.8. The molecule has 3 aliphatic rings. The van der Waals surface area contributed by atoms with Gasteiger partial charge in [-0.3, -0.25) is 4.79 Å². The van der Waals surface area contributed by atoms with E-state index in [1.807, 2.05) is 48.5 Å². The standard InChI is InChI=1S/C29H47NO7.Ac/c1-14(13-30)22(31)25(33)37-19-12-29(35)18(5)23-27(8,15(2)11-20(36-10)28(23,9)34)24(32)17(4)21(16(19)3)26(29,6)7;/h13-15,17-20,22-23,30-31,34-35H,11-12H2,1-10H3;/t14?,15-,17+,18-,19?,20?,22?,23?,27+,28?,29?;/m0./s1. The van der Waals surface area contributed by atoms with Crippen LogP contribution < -0.4 is 0 Å². The molecule has 3 rings (SSSR count). The van der Waals surface area contributed by atoms with Crippen molar-refractivity contribution in [1.82, 2.24) is 0 Å². The van der Waals surface area contributed by atoms with Crippen LogP contribution in [0.2, 0.25) is 0 Å². The minimum absolute atomic E-state index is 0. The Hall–Kier alpha value is -0.168. The normalized spacial score (nSPS) is 44.1. The zero-order valence-electron chi connectivity index (χ0n) is 24.7. The Bertz CT molecular complexity index is 993. The number of fused-ring (bicyclic) bond motifs is 3. The third kappa shape index (κ3) is 4.73. The molecule has 11 atom stereocenters. The van der Waals surface area contributed by atoms with E-state index < -0.39 is 70.0 Å². The fourth-order valence-corrected chi connectivity index (χ4v) is 8.42.